The van der Waals surface area contributed by atoms with E-state index in [1.165, 1.54) is 102 Å². The van der Waals surface area contributed by atoms with Gasteiger partial charge in [0.25, 0.3) is 0 Å². The lowest BCUT2D eigenvalue weighted by atomic mass is 9.98. The van der Waals surface area contributed by atoms with Crippen LogP contribution in [0.4, 0.5) is 0 Å². The SMILES string of the molecule is S=P12C3=C(/C=C\C=C/C=C3OC3CCCCCCCC31)OC1CCCCCCCCC12. The number of hydrogen-bond acceptors (Lipinski definition) is 3. The summed E-state index contributed by atoms with van der Waals surface area (Å²) in [6.07, 6.45) is 31.0. The van der Waals surface area contributed by atoms with E-state index in [0.717, 1.165) is 11.5 Å². The maximum atomic E-state index is 7.01. The van der Waals surface area contributed by atoms with Crippen molar-refractivity contribution in [3.63, 3.8) is 0 Å². The molecule has 2 nitrogen and oxygen atoms in total. The summed E-state index contributed by atoms with van der Waals surface area (Å²) >= 11 is 7.01. The lowest BCUT2D eigenvalue weighted by molar-refractivity contribution is 0.0744. The van der Waals surface area contributed by atoms with Crippen molar-refractivity contribution in [2.45, 2.75) is 120 Å². The van der Waals surface area contributed by atoms with Crippen LogP contribution in [0.2, 0.25) is 0 Å². The molecule has 5 atom stereocenters. The first kappa shape index (κ1) is 22.0. The minimum absolute atomic E-state index is 0.309. The minimum Gasteiger partial charge on any atom is -0.489 e. The highest BCUT2D eigenvalue weighted by Gasteiger charge is 2.54. The molecule has 0 aromatic carbocycles. The number of allylic oxidation sites excluding steroid dienone is 6. The third kappa shape index (κ3) is 4.39. The molecule has 170 valence electrons. The van der Waals surface area contributed by atoms with Gasteiger partial charge in [0, 0.05) is 17.4 Å². The Bertz CT molecular complexity index is 823. The molecule has 5 rings (SSSR count). The smallest absolute Gasteiger partial charge is 0.131 e. The summed E-state index contributed by atoms with van der Waals surface area (Å²) in [4.78, 5) is 0. The predicted octanol–water partition coefficient (Wildman–Crippen LogP) is 8.10. The van der Waals surface area contributed by atoms with Gasteiger partial charge < -0.3 is 9.47 Å². The molecular weight excluding hydrogens is 419 g/mol. The number of hydrogen-bond donors (Lipinski definition) is 0. The highest BCUT2D eigenvalue weighted by molar-refractivity contribution is 8.17. The average Bonchev–Trinajstić information content (AvgIpc) is 2.87. The second-order valence-corrected chi connectivity index (χ2v) is 15.2. The Morgan fingerprint density at radius 3 is 1.84 bits per heavy atom. The van der Waals surface area contributed by atoms with Crippen molar-refractivity contribution in [3.8, 4) is 0 Å². The molecule has 31 heavy (non-hydrogen) atoms. The fourth-order valence-corrected chi connectivity index (χ4v) is 13.2. The van der Waals surface area contributed by atoms with Gasteiger partial charge in [-0.15, -0.1) is 0 Å². The van der Waals surface area contributed by atoms with Gasteiger partial charge in [-0.05, 0) is 50.7 Å². The summed E-state index contributed by atoms with van der Waals surface area (Å²) in [5.74, 6) is 2.10. The van der Waals surface area contributed by atoms with Crippen LogP contribution < -0.4 is 0 Å². The van der Waals surface area contributed by atoms with E-state index in [0.29, 0.717) is 23.5 Å². The van der Waals surface area contributed by atoms with Crippen molar-refractivity contribution in [1.29, 1.82) is 0 Å². The van der Waals surface area contributed by atoms with Gasteiger partial charge in [-0.3, -0.25) is 0 Å². The normalized spacial score (nSPS) is 41.0. The first-order valence-electron chi connectivity index (χ1n) is 13.0. The van der Waals surface area contributed by atoms with Gasteiger partial charge in [0.15, 0.2) is 0 Å². The van der Waals surface area contributed by atoms with Gasteiger partial charge in [0.2, 0.25) is 0 Å². The summed E-state index contributed by atoms with van der Waals surface area (Å²) in [7, 11) is 0. The lowest BCUT2D eigenvalue weighted by Crippen LogP contribution is -2.44. The van der Waals surface area contributed by atoms with Crippen LogP contribution in [-0.4, -0.2) is 23.5 Å². The molecule has 0 bridgehead atoms. The topological polar surface area (TPSA) is 18.5 Å². The van der Waals surface area contributed by atoms with Crippen molar-refractivity contribution in [2.24, 2.45) is 0 Å². The van der Waals surface area contributed by atoms with Crippen molar-refractivity contribution in [1.82, 2.24) is 0 Å². The summed E-state index contributed by atoms with van der Waals surface area (Å²) in [5.41, 5.74) is 1.08. The molecule has 2 aliphatic heterocycles. The summed E-state index contributed by atoms with van der Waals surface area (Å²) in [6, 6.07) is -1.84. The van der Waals surface area contributed by atoms with Crippen LogP contribution in [0.5, 0.6) is 0 Å². The molecule has 3 fully saturated rings. The first-order chi connectivity index (χ1) is 15.3. The molecule has 0 amide bonds. The Morgan fingerprint density at radius 1 is 0.645 bits per heavy atom. The highest BCUT2D eigenvalue weighted by Crippen LogP contribution is 2.74. The van der Waals surface area contributed by atoms with Crippen molar-refractivity contribution >= 4 is 17.8 Å². The Kier molecular flexibility index (Phi) is 7.11. The molecule has 5 unspecified atom stereocenters. The van der Waals surface area contributed by atoms with Crippen LogP contribution in [0, 0.1) is 0 Å². The van der Waals surface area contributed by atoms with Gasteiger partial charge in [0.05, 0.1) is 5.31 Å². The predicted molar refractivity (Wildman–Crippen MR) is 134 cm³/mol. The molecular formula is C27H39O2PS. The molecule has 0 N–H and O–H groups in total. The zero-order valence-electron chi connectivity index (χ0n) is 19.0. The molecule has 2 heterocycles. The first-order valence-corrected chi connectivity index (χ1v) is 16.0. The van der Waals surface area contributed by atoms with E-state index in [4.69, 9.17) is 21.3 Å². The largest absolute Gasteiger partial charge is 0.489 e. The zero-order chi connectivity index (χ0) is 21.1. The number of rotatable bonds is 0. The van der Waals surface area contributed by atoms with Gasteiger partial charge in [-0.2, -0.15) is 0 Å². The van der Waals surface area contributed by atoms with E-state index < -0.39 is 6.04 Å². The van der Waals surface area contributed by atoms with Crippen molar-refractivity contribution in [2.75, 3.05) is 0 Å². The quantitative estimate of drug-likeness (QED) is 0.342. The molecule has 0 aromatic heterocycles. The maximum absolute atomic E-state index is 7.01. The van der Waals surface area contributed by atoms with Crippen molar-refractivity contribution < 1.29 is 9.47 Å². The molecule has 0 radical (unpaired) electrons. The van der Waals surface area contributed by atoms with Crippen LogP contribution in [0.1, 0.15) is 96.3 Å². The van der Waals surface area contributed by atoms with Gasteiger partial charge >= 0.3 is 0 Å². The third-order valence-corrected chi connectivity index (χ3v) is 14.6. The van der Waals surface area contributed by atoms with Crippen LogP contribution in [-0.2, 0) is 21.3 Å². The summed E-state index contributed by atoms with van der Waals surface area (Å²) in [5, 5.41) is 1.32. The monoisotopic (exact) mass is 458 g/mol. The van der Waals surface area contributed by atoms with E-state index >= 15 is 0 Å². The Hall–Kier alpha value is -0.790. The molecule has 5 aliphatic rings. The van der Waals surface area contributed by atoms with E-state index in [2.05, 4.69) is 30.4 Å². The Balaban J connectivity index is 1.62. The fourth-order valence-electron chi connectivity index (χ4n) is 6.61. The van der Waals surface area contributed by atoms with Gasteiger partial charge in [0.1, 0.15) is 23.7 Å². The van der Waals surface area contributed by atoms with E-state index in [1.807, 2.05) is 0 Å². The number of ether oxygens (including phenoxy) is 2. The second-order valence-electron chi connectivity index (χ2n) is 10.2. The molecule has 3 aliphatic carbocycles. The Morgan fingerprint density at radius 2 is 1.19 bits per heavy atom. The fraction of sp³-hybridized carbons (Fsp3) is 0.704. The summed E-state index contributed by atoms with van der Waals surface area (Å²) < 4.78 is 13.6. The molecule has 0 aromatic rings. The minimum atomic E-state index is -1.84. The Labute approximate surface area is 194 Å². The standard InChI is InChI=1S/C27H39O2PS/c31-30-25-19-13-6-2-1-4-9-15-21(25)28-23-17-11-8-12-18-24(27(23)30)29-22-16-10-5-3-7-14-20-26(22)30/h8,11-12,17-18,21-22,25-26H,1-7,9-10,13-16,19-20H2/b11-8?,12-8-,17-11-,18-12?,23-17?,24-18?. The highest BCUT2D eigenvalue weighted by atomic mass is 32.4. The molecule has 0 spiro atoms. The van der Waals surface area contributed by atoms with Gasteiger partial charge in [-0.1, -0.05) is 87.8 Å². The molecule has 4 heteroatoms. The van der Waals surface area contributed by atoms with Crippen LogP contribution in [0.25, 0.3) is 0 Å². The number of fused-ring (bicyclic) bond motifs is 4. The maximum Gasteiger partial charge on any atom is 0.131 e. The van der Waals surface area contributed by atoms with Gasteiger partial charge in [-0.25, -0.2) is 0 Å². The molecule has 2 saturated carbocycles. The van der Waals surface area contributed by atoms with Crippen LogP contribution in [0.3, 0.4) is 0 Å². The van der Waals surface area contributed by atoms with E-state index in [9.17, 15) is 0 Å². The molecule has 1 saturated heterocycles. The van der Waals surface area contributed by atoms with Crippen LogP contribution >= 0.6 is 6.04 Å². The lowest BCUT2D eigenvalue weighted by Gasteiger charge is -2.52. The average molecular weight is 459 g/mol. The third-order valence-electron chi connectivity index (χ3n) is 8.16. The van der Waals surface area contributed by atoms with Crippen LogP contribution in [0.15, 0.2) is 47.2 Å². The second kappa shape index (κ2) is 10.0. The van der Waals surface area contributed by atoms with E-state index in [-0.39, 0.29) is 0 Å². The van der Waals surface area contributed by atoms with Crippen molar-refractivity contribution in [3.05, 3.63) is 47.2 Å². The zero-order valence-corrected chi connectivity index (χ0v) is 20.7. The van der Waals surface area contributed by atoms with E-state index in [1.54, 1.807) is 0 Å². The summed E-state index contributed by atoms with van der Waals surface area (Å²) in [6.45, 7) is 0.